The van der Waals surface area contributed by atoms with Gasteiger partial charge in [-0.25, -0.2) is 26.0 Å². The maximum atomic E-state index is 14.6. The number of anilines is 1. The number of hydrogen-bond acceptors (Lipinski definition) is 6. The molecule has 1 N–H and O–H groups in total. The highest BCUT2D eigenvalue weighted by molar-refractivity contribution is 8.10. The molecule has 0 aliphatic rings. The zero-order chi connectivity index (χ0) is 25.7. The molecule has 0 bridgehead atoms. The molecule has 0 radical (unpaired) electrons. The summed E-state index contributed by atoms with van der Waals surface area (Å²) >= 11 is 6.19. The quantitative estimate of drug-likeness (QED) is 0.420. The van der Waals surface area contributed by atoms with E-state index in [1.54, 1.807) is 0 Å². The summed E-state index contributed by atoms with van der Waals surface area (Å²) in [6.45, 7) is -0.728. The Hall–Kier alpha value is -2.51. The molecule has 0 heterocycles. The van der Waals surface area contributed by atoms with Gasteiger partial charge >= 0.3 is 5.97 Å². The number of benzene rings is 2. The van der Waals surface area contributed by atoms with Crippen LogP contribution in [0.4, 0.5) is 18.9 Å². The number of hydrogen-bond donors (Lipinski definition) is 1. The Bertz CT molecular complexity index is 1230. The lowest BCUT2D eigenvalue weighted by atomic mass is 10.1. The second-order valence-electron chi connectivity index (χ2n) is 6.96. The number of halogens is 4. The van der Waals surface area contributed by atoms with Gasteiger partial charge in [0.25, 0.3) is 0 Å². The van der Waals surface area contributed by atoms with E-state index in [2.05, 4.69) is 0 Å². The van der Waals surface area contributed by atoms with Crippen molar-refractivity contribution >= 4 is 43.3 Å². The van der Waals surface area contributed by atoms with Gasteiger partial charge in [0.1, 0.15) is 10.8 Å². The first-order valence-corrected chi connectivity index (χ1v) is 13.3. The SMILES string of the molecule is Cc1c(Oc2c(F)ccc(N(S(=O)(=O)CCCF)S(=O)(=O)CCCF)c2Cl)cccc1C(=O)O. The Labute approximate surface area is 200 Å². The topological polar surface area (TPSA) is 118 Å². The van der Waals surface area contributed by atoms with Crippen molar-refractivity contribution in [3.63, 3.8) is 0 Å². The standard InChI is InChI=1S/C20H21ClF3NO7S2/c1-13-14(20(26)27)5-2-6-17(13)32-19-15(24)7-8-16(18(19)21)25(33(28,29)11-3-9-22)34(30,31)12-4-10-23/h2,5-8H,3-4,9-12H2,1H3,(H,26,27). The molecule has 0 saturated carbocycles. The summed E-state index contributed by atoms with van der Waals surface area (Å²) < 4.78 is 96.5. The third-order valence-electron chi connectivity index (χ3n) is 4.53. The van der Waals surface area contributed by atoms with Gasteiger partial charge in [-0.3, -0.25) is 8.78 Å². The number of alkyl halides is 2. The van der Waals surface area contributed by atoms with E-state index in [-0.39, 0.29) is 20.6 Å². The molecule has 0 aliphatic carbocycles. The Kier molecular flexibility index (Phi) is 9.20. The Morgan fingerprint density at radius 1 is 1.03 bits per heavy atom. The summed E-state index contributed by atoms with van der Waals surface area (Å²) in [6.07, 6.45) is -1.05. The lowest BCUT2D eigenvalue weighted by molar-refractivity contribution is 0.0695. The summed E-state index contributed by atoms with van der Waals surface area (Å²) in [5, 5.41) is 8.50. The molecule has 0 aromatic heterocycles. The van der Waals surface area contributed by atoms with Crippen LogP contribution in [0, 0.1) is 12.7 Å². The summed E-state index contributed by atoms with van der Waals surface area (Å²) in [4.78, 5) is 11.3. The van der Waals surface area contributed by atoms with Crippen molar-refractivity contribution in [3.8, 4) is 11.5 Å². The van der Waals surface area contributed by atoms with E-state index in [4.69, 9.17) is 16.3 Å². The zero-order valence-electron chi connectivity index (χ0n) is 17.8. The molecular weight excluding hydrogens is 523 g/mol. The minimum atomic E-state index is -4.73. The van der Waals surface area contributed by atoms with Gasteiger partial charge in [0.15, 0.2) is 11.6 Å². The van der Waals surface area contributed by atoms with Crippen LogP contribution in [0.5, 0.6) is 11.5 Å². The average Bonchev–Trinajstić information content (AvgIpc) is 2.76. The molecule has 0 fully saturated rings. The van der Waals surface area contributed by atoms with Crippen LogP contribution in [0.2, 0.25) is 5.02 Å². The molecule has 34 heavy (non-hydrogen) atoms. The summed E-state index contributed by atoms with van der Waals surface area (Å²) in [5.74, 6) is -5.12. The molecule has 14 heteroatoms. The van der Waals surface area contributed by atoms with Gasteiger partial charge in [0.2, 0.25) is 20.0 Å². The fourth-order valence-electron chi connectivity index (χ4n) is 2.94. The number of nitrogens with zero attached hydrogens (tertiary/aromatic N) is 1. The van der Waals surface area contributed by atoms with Crippen LogP contribution in [0.15, 0.2) is 30.3 Å². The van der Waals surface area contributed by atoms with E-state index < -0.39 is 86.0 Å². The fourth-order valence-corrected chi connectivity index (χ4v) is 7.33. The van der Waals surface area contributed by atoms with Crippen LogP contribution < -0.4 is 8.45 Å². The van der Waals surface area contributed by atoms with E-state index in [0.717, 1.165) is 6.07 Å². The summed E-state index contributed by atoms with van der Waals surface area (Å²) in [5.41, 5.74) is -0.768. The van der Waals surface area contributed by atoms with E-state index in [1.807, 2.05) is 0 Å². The highest BCUT2D eigenvalue weighted by atomic mass is 35.5. The molecule has 2 rings (SSSR count). The third kappa shape index (κ3) is 6.13. The second kappa shape index (κ2) is 11.3. The predicted octanol–water partition coefficient (Wildman–Crippen LogP) is 4.46. The number of rotatable bonds is 12. The molecule has 0 unspecified atom stereocenters. The van der Waals surface area contributed by atoms with Gasteiger partial charge in [-0.1, -0.05) is 17.7 Å². The number of carbonyl (C=O) groups is 1. The summed E-state index contributed by atoms with van der Waals surface area (Å²) in [7, 11) is -9.47. The smallest absolute Gasteiger partial charge is 0.336 e. The largest absolute Gasteiger partial charge is 0.478 e. The van der Waals surface area contributed by atoms with Crippen LogP contribution >= 0.6 is 11.6 Å². The highest BCUT2D eigenvalue weighted by Gasteiger charge is 2.36. The molecule has 0 spiro atoms. The Morgan fingerprint density at radius 3 is 2.09 bits per heavy atom. The second-order valence-corrected chi connectivity index (χ2v) is 11.4. The fraction of sp³-hybridized carbons (Fsp3) is 0.350. The van der Waals surface area contributed by atoms with Crippen LogP contribution in [0.25, 0.3) is 0 Å². The minimum Gasteiger partial charge on any atom is -0.478 e. The first-order valence-electron chi connectivity index (χ1n) is 9.74. The number of ether oxygens (including phenoxy) is 1. The minimum absolute atomic E-state index is 0.0690. The Balaban J connectivity index is 2.68. The van der Waals surface area contributed by atoms with E-state index in [0.29, 0.717) is 6.07 Å². The zero-order valence-corrected chi connectivity index (χ0v) is 20.2. The monoisotopic (exact) mass is 543 g/mol. The lowest BCUT2D eigenvalue weighted by Crippen LogP contribution is -2.40. The van der Waals surface area contributed by atoms with E-state index >= 15 is 0 Å². The molecule has 0 saturated heterocycles. The van der Waals surface area contributed by atoms with Crippen LogP contribution in [0.1, 0.15) is 28.8 Å². The number of carboxylic acid groups (broad SMARTS) is 1. The van der Waals surface area contributed by atoms with Crippen molar-refractivity contribution in [2.75, 3.05) is 28.6 Å². The number of carboxylic acids is 1. The van der Waals surface area contributed by atoms with Crippen LogP contribution in [-0.2, 0) is 20.0 Å². The van der Waals surface area contributed by atoms with E-state index in [1.165, 1.54) is 25.1 Å². The van der Waals surface area contributed by atoms with Gasteiger partial charge < -0.3 is 9.84 Å². The van der Waals surface area contributed by atoms with Gasteiger partial charge in [0.05, 0.1) is 36.1 Å². The molecule has 0 amide bonds. The van der Waals surface area contributed by atoms with Crippen molar-refractivity contribution in [2.24, 2.45) is 0 Å². The number of sulfonamides is 2. The molecular formula is C20H21ClF3NO7S2. The van der Waals surface area contributed by atoms with Gasteiger partial charge in [0, 0.05) is 5.56 Å². The van der Waals surface area contributed by atoms with Crippen molar-refractivity contribution in [3.05, 3.63) is 52.3 Å². The van der Waals surface area contributed by atoms with Crippen molar-refractivity contribution in [1.82, 2.24) is 0 Å². The van der Waals surface area contributed by atoms with E-state index in [9.17, 15) is 39.9 Å². The van der Waals surface area contributed by atoms with Gasteiger partial charge in [-0.15, -0.1) is 0 Å². The molecule has 188 valence electrons. The van der Waals surface area contributed by atoms with Crippen molar-refractivity contribution < 1.29 is 44.6 Å². The van der Waals surface area contributed by atoms with Crippen molar-refractivity contribution in [2.45, 2.75) is 19.8 Å². The molecule has 8 nitrogen and oxygen atoms in total. The normalized spacial score (nSPS) is 11.9. The third-order valence-corrected chi connectivity index (χ3v) is 9.27. The number of aromatic carboxylic acids is 1. The molecule has 2 aromatic rings. The highest BCUT2D eigenvalue weighted by Crippen LogP contribution is 2.42. The summed E-state index contributed by atoms with van der Waals surface area (Å²) in [6, 6.07) is 5.38. The molecule has 0 atom stereocenters. The van der Waals surface area contributed by atoms with Crippen LogP contribution in [-0.4, -0.2) is 52.8 Å². The van der Waals surface area contributed by atoms with Crippen molar-refractivity contribution in [1.29, 1.82) is 0 Å². The molecule has 2 aromatic carbocycles. The first-order chi connectivity index (χ1) is 15.9. The first kappa shape index (κ1) is 27.7. The average molecular weight is 544 g/mol. The maximum absolute atomic E-state index is 14.6. The molecule has 0 aliphatic heterocycles. The maximum Gasteiger partial charge on any atom is 0.336 e. The van der Waals surface area contributed by atoms with Gasteiger partial charge in [-0.2, -0.15) is 3.71 Å². The van der Waals surface area contributed by atoms with Gasteiger partial charge in [-0.05, 0) is 44.0 Å². The lowest BCUT2D eigenvalue weighted by Gasteiger charge is -2.25. The van der Waals surface area contributed by atoms with Crippen LogP contribution in [0.3, 0.4) is 0 Å². The Morgan fingerprint density at radius 2 is 1.59 bits per heavy atom. The predicted molar refractivity (Wildman–Crippen MR) is 121 cm³/mol.